The summed E-state index contributed by atoms with van der Waals surface area (Å²) in [5.74, 6) is 0.527. The zero-order chi connectivity index (χ0) is 19.9. The van der Waals surface area contributed by atoms with E-state index in [1.54, 1.807) is 19.0 Å². The summed E-state index contributed by atoms with van der Waals surface area (Å²) in [5, 5.41) is 10.1. The fourth-order valence-electron chi connectivity index (χ4n) is 3.98. The van der Waals surface area contributed by atoms with Gasteiger partial charge in [0.25, 0.3) is 10.0 Å². The molecule has 0 saturated heterocycles. The molecule has 2 aliphatic carbocycles. The Morgan fingerprint density at radius 2 is 1.62 bits per heavy atom. The number of carbonyl (C=O) groups is 1. The average molecular weight is 441 g/mol. The first-order valence-corrected chi connectivity index (χ1v) is 10.8. The van der Waals surface area contributed by atoms with Crippen molar-refractivity contribution in [3.05, 3.63) is 40.5 Å². The summed E-state index contributed by atoms with van der Waals surface area (Å²) in [4.78, 5) is 14.2. The van der Waals surface area contributed by atoms with E-state index in [9.17, 15) is 13.2 Å². The normalized spacial score (nSPS) is 14.6. The average Bonchev–Trinajstić information content (AvgIpc) is 3.30. The molecule has 2 aromatic rings. The second kappa shape index (κ2) is 8.99. The number of amides is 2. The van der Waals surface area contributed by atoms with Crippen molar-refractivity contribution in [1.82, 2.24) is 14.9 Å². The van der Waals surface area contributed by atoms with Crippen molar-refractivity contribution in [3.63, 3.8) is 0 Å². The van der Waals surface area contributed by atoms with Crippen LogP contribution in [-0.2, 0) is 35.7 Å². The number of nitrogens with zero attached hydrogens (tertiary/aromatic N) is 3. The third-order valence-corrected chi connectivity index (χ3v) is 6.52. The minimum Gasteiger partial charge on any atom is -0.361 e. The van der Waals surface area contributed by atoms with Crippen LogP contribution in [0.15, 0.2) is 23.2 Å². The molecule has 0 spiro atoms. The number of urea groups is 1. The quantitative estimate of drug-likeness (QED) is 0.701. The molecule has 2 N–H and O–H groups in total. The molecule has 149 valence electrons. The van der Waals surface area contributed by atoms with Crippen LogP contribution < -0.4 is 14.9 Å². The number of benzene rings is 1. The van der Waals surface area contributed by atoms with Crippen molar-refractivity contribution in [3.8, 4) is 0 Å². The van der Waals surface area contributed by atoms with Crippen LogP contribution in [0.25, 0.3) is 0 Å². The number of aromatic nitrogens is 2. The van der Waals surface area contributed by atoms with Crippen LogP contribution in [0.5, 0.6) is 0 Å². The van der Waals surface area contributed by atoms with E-state index >= 15 is 0 Å². The zero-order valence-electron chi connectivity index (χ0n) is 16.9. The number of sulfonamides is 1. The third-order valence-electron chi connectivity index (χ3n) is 5.30. The van der Waals surface area contributed by atoms with Gasteiger partial charge in [0.2, 0.25) is 0 Å². The van der Waals surface area contributed by atoms with Gasteiger partial charge in [-0.3, -0.25) is 0 Å². The van der Waals surface area contributed by atoms with Crippen LogP contribution in [0.4, 0.5) is 16.3 Å². The summed E-state index contributed by atoms with van der Waals surface area (Å²) in [7, 11) is -0.548. The van der Waals surface area contributed by atoms with E-state index in [-0.39, 0.29) is 56.4 Å². The predicted octanol–water partition coefficient (Wildman–Crippen LogP) is 1.65. The molecule has 2 aliphatic rings. The van der Waals surface area contributed by atoms with E-state index in [0.29, 0.717) is 5.82 Å². The molecule has 0 atom stereocenters. The van der Waals surface area contributed by atoms with E-state index in [1.165, 1.54) is 23.3 Å². The van der Waals surface area contributed by atoms with Crippen LogP contribution in [0.3, 0.4) is 0 Å². The van der Waals surface area contributed by atoms with Gasteiger partial charge < -0.3 is 10.2 Å². The summed E-state index contributed by atoms with van der Waals surface area (Å²) in [6, 6.07) is 4.35. The van der Waals surface area contributed by atoms with Crippen molar-refractivity contribution in [2.75, 3.05) is 24.3 Å². The van der Waals surface area contributed by atoms with Gasteiger partial charge in [-0.15, -0.1) is 10.2 Å². The Morgan fingerprint density at radius 3 is 2.14 bits per heavy atom. The van der Waals surface area contributed by atoms with Gasteiger partial charge in [0.15, 0.2) is 10.8 Å². The SMILES string of the molecule is CN(C)c1ccc(S(=O)(=O)NC(=O)Nc2c3c(cc4c2CCC4)CCC3)nn1.[K]. The molecule has 1 aromatic heterocycles. The van der Waals surface area contributed by atoms with Crippen molar-refractivity contribution in [2.24, 2.45) is 0 Å². The van der Waals surface area contributed by atoms with Crippen LogP contribution in [0, 0.1) is 0 Å². The molecule has 2 amide bonds. The van der Waals surface area contributed by atoms with Crippen molar-refractivity contribution in [1.29, 1.82) is 0 Å². The summed E-state index contributed by atoms with van der Waals surface area (Å²) in [5.41, 5.74) is 5.61. The summed E-state index contributed by atoms with van der Waals surface area (Å²) < 4.78 is 27.0. The van der Waals surface area contributed by atoms with Gasteiger partial charge in [-0.25, -0.2) is 9.52 Å². The standard InChI is InChI=1S/C19H23N5O3S.K/c1-24(2)16-9-10-17(22-21-16)28(26,27)23-19(25)20-18-14-7-3-5-12(14)11-13-6-4-8-15(13)18;/h9-11H,3-8H2,1-2H3,(H2,20,23,25);. The van der Waals surface area contributed by atoms with E-state index in [4.69, 9.17) is 0 Å². The maximum absolute atomic E-state index is 12.5. The van der Waals surface area contributed by atoms with Crippen LogP contribution in [-0.4, -0.2) is 90.1 Å². The second-order valence-electron chi connectivity index (χ2n) is 7.42. The van der Waals surface area contributed by atoms with Crippen LogP contribution in [0.2, 0.25) is 0 Å². The number of anilines is 2. The molecule has 8 nitrogen and oxygen atoms in total. The molecule has 0 unspecified atom stereocenters. The number of fused-ring (bicyclic) bond motifs is 2. The maximum atomic E-state index is 12.5. The molecule has 0 fully saturated rings. The summed E-state index contributed by atoms with van der Waals surface area (Å²) in [6.45, 7) is 0. The summed E-state index contributed by atoms with van der Waals surface area (Å²) in [6.07, 6.45) is 5.93. The Balaban J connectivity index is 0.00000240. The molecular formula is C19H23KN5O3S. The van der Waals surface area contributed by atoms with Gasteiger partial charge >= 0.3 is 6.03 Å². The number of rotatable bonds is 4. The van der Waals surface area contributed by atoms with Gasteiger partial charge in [-0.2, -0.15) is 8.42 Å². The van der Waals surface area contributed by atoms with Gasteiger partial charge in [0.1, 0.15) is 0 Å². The van der Waals surface area contributed by atoms with Crippen molar-refractivity contribution in [2.45, 2.75) is 43.6 Å². The van der Waals surface area contributed by atoms with E-state index < -0.39 is 16.1 Å². The molecule has 0 aliphatic heterocycles. The van der Waals surface area contributed by atoms with E-state index in [2.05, 4.69) is 26.3 Å². The maximum Gasteiger partial charge on any atom is 0.333 e. The van der Waals surface area contributed by atoms with E-state index in [1.807, 2.05) is 0 Å². The smallest absolute Gasteiger partial charge is 0.333 e. The second-order valence-corrected chi connectivity index (χ2v) is 9.05. The molecule has 10 heteroatoms. The Labute approximate surface area is 213 Å². The van der Waals surface area contributed by atoms with Crippen molar-refractivity contribution < 1.29 is 13.2 Å². The van der Waals surface area contributed by atoms with Gasteiger partial charge in [-0.05, 0) is 72.9 Å². The Kier molecular flexibility index (Phi) is 7.01. The van der Waals surface area contributed by atoms with E-state index in [0.717, 1.165) is 55.3 Å². The Bertz CT molecular complexity index is 1010. The number of nitrogens with one attached hydrogen (secondary N) is 2. The predicted molar refractivity (Wildman–Crippen MR) is 112 cm³/mol. The number of aryl methyl sites for hydroxylation is 2. The number of carbonyl (C=O) groups excluding carboxylic acids is 1. The monoisotopic (exact) mass is 440 g/mol. The topological polar surface area (TPSA) is 104 Å². The molecule has 0 bridgehead atoms. The zero-order valence-corrected chi connectivity index (χ0v) is 20.9. The molecule has 1 aromatic carbocycles. The Morgan fingerprint density at radius 1 is 1.00 bits per heavy atom. The molecular weight excluding hydrogens is 417 g/mol. The van der Waals surface area contributed by atoms with Crippen LogP contribution >= 0.6 is 0 Å². The number of hydrogen-bond donors (Lipinski definition) is 2. The minimum absolute atomic E-state index is 0. The molecule has 4 rings (SSSR count). The van der Waals surface area contributed by atoms with Gasteiger partial charge in [0.05, 0.1) is 0 Å². The summed E-state index contributed by atoms with van der Waals surface area (Å²) >= 11 is 0. The Hall–Kier alpha value is -1.04. The minimum atomic E-state index is -4.10. The fourth-order valence-corrected chi connectivity index (χ4v) is 4.77. The van der Waals surface area contributed by atoms with Gasteiger partial charge in [-0.1, -0.05) is 6.07 Å². The number of hydrogen-bond acceptors (Lipinski definition) is 6. The molecule has 0 saturated carbocycles. The molecule has 1 heterocycles. The fraction of sp³-hybridized carbons (Fsp3) is 0.421. The van der Waals surface area contributed by atoms with Crippen molar-refractivity contribution >= 4 is 78.9 Å². The van der Waals surface area contributed by atoms with Gasteiger partial charge in [0, 0.05) is 71.2 Å². The molecule has 29 heavy (non-hydrogen) atoms. The first-order chi connectivity index (χ1) is 13.3. The molecule has 1 radical (unpaired) electrons. The largest absolute Gasteiger partial charge is 0.361 e. The van der Waals surface area contributed by atoms with Crippen LogP contribution in [0.1, 0.15) is 35.1 Å². The first-order valence-electron chi connectivity index (χ1n) is 9.36. The first kappa shape index (κ1) is 22.6. The third kappa shape index (κ3) is 4.67.